The highest BCUT2D eigenvalue weighted by atomic mass is 16.5. The van der Waals surface area contributed by atoms with Crippen LogP contribution in [0, 0.1) is 16.7 Å². The molecule has 1 aliphatic heterocycles. The molecule has 3 aliphatic rings. The summed E-state index contributed by atoms with van der Waals surface area (Å²) in [6.07, 6.45) is 3.43. The monoisotopic (exact) mass is 250 g/mol. The number of esters is 1. The molecule has 0 unspecified atom stereocenters. The van der Waals surface area contributed by atoms with E-state index in [4.69, 9.17) is 4.74 Å². The Morgan fingerprint density at radius 2 is 2.00 bits per heavy atom. The van der Waals surface area contributed by atoms with Gasteiger partial charge in [-0.1, -0.05) is 20.8 Å². The van der Waals surface area contributed by atoms with Gasteiger partial charge in [0.25, 0.3) is 0 Å². The van der Waals surface area contributed by atoms with Crippen LogP contribution in [0.15, 0.2) is 11.1 Å². The van der Waals surface area contributed by atoms with Gasteiger partial charge in [-0.05, 0) is 42.6 Å². The summed E-state index contributed by atoms with van der Waals surface area (Å²) in [7, 11) is 0. The van der Waals surface area contributed by atoms with Crippen LogP contribution in [0.1, 0.15) is 46.5 Å². The fourth-order valence-corrected chi connectivity index (χ4v) is 4.62. The van der Waals surface area contributed by atoms with Crippen molar-refractivity contribution in [3.05, 3.63) is 11.1 Å². The predicted octanol–water partition coefficient (Wildman–Crippen LogP) is 2.44. The molecule has 0 aromatic carbocycles. The maximum atomic E-state index is 12.0. The molecule has 100 valence electrons. The molecule has 3 nitrogen and oxygen atoms in total. The highest BCUT2D eigenvalue weighted by molar-refractivity contribution is 5.93. The van der Waals surface area contributed by atoms with E-state index in [0.29, 0.717) is 12.5 Å². The number of ether oxygens (including phenoxy) is 1. The molecule has 0 spiro atoms. The summed E-state index contributed by atoms with van der Waals surface area (Å²) >= 11 is 0. The van der Waals surface area contributed by atoms with Gasteiger partial charge in [0.2, 0.25) is 0 Å². The SMILES string of the molecule is CC1(C)CC[C@H](O)[C@]2(C)C3=C(CC[C@@H]12)COC3=O. The van der Waals surface area contributed by atoms with Gasteiger partial charge in [-0.25, -0.2) is 4.79 Å². The van der Waals surface area contributed by atoms with Gasteiger partial charge in [0.1, 0.15) is 6.61 Å². The first-order valence-electron chi connectivity index (χ1n) is 6.95. The van der Waals surface area contributed by atoms with Crippen LogP contribution < -0.4 is 0 Å². The first-order chi connectivity index (χ1) is 8.37. The molecule has 3 rings (SSSR count). The van der Waals surface area contributed by atoms with Crippen LogP contribution >= 0.6 is 0 Å². The Kier molecular flexibility index (Phi) is 2.44. The minimum absolute atomic E-state index is 0.186. The van der Waals surface area contributed by atoms with Crippen LogP contribution in [-0.2, 0) is 9.53 Å². The molecule has 1 saturated carbocycles. The summed E-state index contributed by atoms with van der Waals surface area (Å²) in [5.41, 5.74) is 1.73. The molecule has 3 atom stereocenters. The van der Waals surface area contributed by atoms with Gasteiger partial charge in [-0.2, -0.15) is 0 Å². The molecule has 2 aliphatic carbocycles. The van der Waals surface area contributed by atoms with Gasteiger partial charge in [-0.3, -0.25) is 0 Å². The fourth-order valence-electron chi connectivity index (χ4n) is 4.62. The highest BCUT2D eigenvalue weighted by Gasteiger charge is 2.58. The van der Waals surface area contributed by atoms with Crippen LogP contribution in [0.25, 0.3) is 0 Å². The van der Waals surface area contributed by atoms with Crippen molar-refractivity contribution in [1.82, 2.24) is 0 Å². The Hall–Kier alpha value is -0.830. The molecular weight excluding hydrogens is 228 g/mol. The minimum atomic E-state index is -0.411. The van der Waals surface area contributed by atoms with Crippen molar-refractivity contribution in [3.63, 3.8) is 0 Å². The van der Waals surface area contributed by atoms with Crippen molar-refractivity contribution < 1.29 is 14.6 Å². The zero-order chi connectivity index (χ0) is 13.1. The van der Waals surface area contributed by atoms with Crippen LogP contribution in [0.5, 0.6) is 0 Å². The molecule has 1 heterocycles. The third-order valence-electron chi connectivity index (χ3n) is 5.63. The molecule has 0 radical (unpaired) electrons. The van der Waals surface area contributed by atoms with Crippen molar-refractivity contribution >= 4 is 5.97 Å². The maximum Gasteiger partial charge on any atom is 0.335 e. The number of aliphatic hydroxyl groups excluding tert-OH is 1. The van der Waals surface area contributed by atoms with Crippen LogP contribution in [0.2, 0.25) is 0 Å². The number of carbonyl (C=O) groups is 1. The molecule has 3 heteroatoms. The molecule has 0 aromatic rings. The Balaban J connectivity index is 2.13. The van der Waals surface area contributed by atoms with Crippen LogP contribution in [-0.4, -0.2) is 23.8 Å². The van der Waals surface area contributed by atoms with E-state index in [1.165, 1.54) is 0 Å². The van der Waals surface area contributed by atoms with Gasteiger partial charge in [-0.15, -0.1) is 0 Å². The van der Waals surface area contributed by atoms with E-state index >= 15 is 0 Å². The van der Waals surface area contributed by atoms with Gasteiger partial charge in [0.15, 0.2) is 0 Å². The number of cyclic esters (lactones) is 1. The lowest BCUT2D eigenvalue weighted by Gasteiger charge is -2.55. The van der Waals surface area contributed by atoms with E-state index in [0.717, 1.165) is 36.8 Å². The van der Waals surface area contributed by atoms with Crippen molar-refractivity contribution in [2.75, 3.05) is 6.61 Å². The second-order valence-electron chi connectivity index (χ2n) is 6.97. The van der Waals surface area contributed by atoms with E-state index in [-0.39, 0.29) is 11.4 Å². The first kappa shape index (κ1) is 12.2. The third-order valence-corrected chi connectivity index (χ3v) is 5.63. The lowest BCUT2D eigenvalue weighted by molar-refractivity contribution is -0.141. The third kappa shape index (κ3) is 1.37. The number of carbonyl (C=O) groups excluding carboxylic acids is 1. The molecule has 1 fully saturated rings. The topological polar surface area (TPSA) is 46.5 Å². The van der Waals surface area contributed by atoms with Crippen molar-refractivity contribution in [2.24, 2.45) is 16.7 Å². The summed E-state index contributed by atoms with van der Waals surface area (Å²) in [6.45, 7) is 7.06. The largest absolute Gasteiger partial charge is 0.458 e. The minimum Gasteiger partial charge on any atom is -0.458 e. The van der Waals surface area contributed by atoms with Crippen molar-refractivity contribution in [3.8, 4) is 0 Å². The Morgan fingerprint density at radius 3 is 2.72 bits per heavy atom. The summed E-state index contributed by atoms with van der Waals surface area (Å²) in [6, 6.07) is 0. The summed E-state index contributed by atoms with van der Waals surface area (Å²) in [4.78, 5) is 12.0. The standard InChI is InChI=1S/C15H22O3/c1-14(2)7-6-11(16)15(3)10(14)5-4-9-8-18-13(17)12(9)15/h10-11,16H,4-8H2,1-3H3/t10-,11-,15+/m0/s1. The van der Waals surface area contributed by atoms with E-state index in [1.54, 1.807) is 0 Å². The Labute approximate surface area is 108 Å². The number of aliphatic hydroxyl groups is 1. The average Bonchev–Trinajstić information content (AvgIpc) is 2.68. The first-order valence-corrected chi connectivity index (χ1v) is 6.95. The molecule has 0 saturated heterocycles. The van der Waals surface area contributed by atoms with Crippen LogP contribution in [0.3, 0.4) is 0 Å². The second kappa shape index (κ2) is 3.60. The van der Waals surface area contributed by atoms with Gasteiger partial charge in [0.05, 0.1) is 6.10 Å². The van der Waals surface area contributed by atoms with Gasteiger partial charge < -0.3 is 9.84 Å². The molecule has 0 bridgehead atoms. The van der Waals surface area contributed by atoms with E-state index < -0.39 is 11.5 Å². The molecular formula is C15H22O3. The van der Waals surface area contributed by atoms with E-state index in [2.05, 4.69) is 20.8 Å². The molecule has 1 N–H and O–H groups in total. The van der Waals surface area contributed by atoms with Gasteiger partial charge in [0, 0.05) is 11.0 Å². The average molecular weight is 250 g/mol. The van der Waals surface area contributed by atoms with E-state index in [9.17, 15) is 9.90 Å². The van der Waals surface area contributed by atoms with Gasteiger partial charge >= 0.3 is 5.97 Å². The molecule has 0 amide bonds. The quantitative estimate of drug-likeness (QED) is 0.672. The summed E-state index contributed by atoms with van der Waals surface area (Å²) < 4.78 is 5.21. The maximum absolute atomic E-state index is 12.0. The predicted molar refractivity (Wildman–Crippen MR) is 67.8 cm³/mol. The van der Waals surface area contributed by atoms with Crippen molar-refractivity contribution in [1.29, 1.82) is 0 Å². The normalized spacial score (nSPS) is 42.3. The summed E-state index contributed by atoms with van der Waals surface area (Å²) in [5, 5.41) is 10.5. The zero-order valence-electron chi connectivity index (χ0n) is 11.5. The number of fused-ring (bicyclic) bond motifs is 2. The molecule has 18 heavy (non-hydrogen) atoms. The van der Waals surface area contributed by atoms with Crippen molar-refractivity contribution in [2.45, 2.75) is 52.6 Å². The highest BCUT2D eigenvalue weighted by Crippen LogP contribution is 2.60. The number of hydrogen-bond donors (Lipinski definition) is 1. The van der Waals surface area contributed by atoms with Crippen LogP contribution in [0.4, 0.5) is 0 Å². The van der Waals surface area contributed by atoms with E-state index in [1.807, 2.05) is 0 Å². The number of rotatable bonds is 0. The Morgan fingerprint density at radius 1 is 1.28 bits per heavy atom. The fraction of sp³-hybridized carbons (Fsp3) is 0.800. The lowest BCUT2D eigenvalue weighted by atomic mass is 9.49. The zero-order valence-corrected chi connectivity index (χ0v) is 11.5. The Bertz CT molecular complexity index is 435. The summed E-state index contributed by atoms with van der Waals surface area (Å²) in [5.74, 6) is 0.187. The second-order valence-corrected chi connectivity index (χ2v) is 6.97. The molecule has 0 aromatic heterocycles. The lowest BCUT2D eigenvalue weighted by Crippen LogP contribution is -2.53. The number of hydrogen-bond acceptors (Lipinski definition) is 3. The smallest absolute Gasteiger partial charge is 0.335 e.